The lowest BCUT2D eigenvalue weighted by atomic mass is 10.1. The van der Waals surface area contributed by atoms with Crippen molar-refractivity contribution in [2.75, 3.05) is 5.32 Å². The molecule has 0 fully saturated rings. The topological polar surface area (TPSA) is 121 Å². The van der Waals surface area contributed by atoms with Crippen molar-refractivity contribution in [3.63, 3.8) is 0 Å². The number of aromatic nitrogens is 2. The zero-order chi connectivity index (χ0) is 24.0. The molecule has 0 aliphatic rings. The molecule has 0 atom stereocenters. The summed E-state index contributed by atoms with van der Waals surface area (Å²) < 4.78 is 16.9. The average Bonchev–Trinajstić information content (AvgIpc) is 3.22. The SMILES string of the molecule is CCC(=O)Nc1nnc(SCc2cc(=O)c(OC(=O)C(C)(C)Oc3ccc(Cl)cc3)co2)s1. The number of nitrogens with zero attached hydrogens (tertiary/aromatic N) is 2. The van der Waals surface area contributed by atoms with Crippen LogP contribution in [-0.4, -0.2) is 27.7 Å². The van der Waals surface area contributed by atoms with Gasteiger partial charge in [-0.15, -0.1) is 10.2 Å². The van der Waals surface area contributed by atoms with E-state index >= 15 is 0 Å². The van der Waals surface area contributed by atoms with Gasteiger partial charge in [-0.05, 0) is 38.1 Å². The summed E-state index contributed by atoms with van der Waals surface area (Å²) in [7, 11) is 0. The smallest absolute Gasteiger partial charge is 0.355 e. The first-order chi connectivity index (χ1) is 15.7. The fourth-order valence-electron chi connectivity index (χ4n) is 2.31. The molecule has 0 radical (unpaired) electrons. The average molecular weight is 510 g/mol. The number of esters is 1. The number of carbonyl (C=O) groups is 2. The molecule has 2 aromatic heterocycles. The van der Waals surface area contributed by atoms with Gasteiger partial charge in [0.15, 0.2) is 4.34 Å². The van der Waals surface area contributed by atoms with Gasteiger partial charge in [-0.1, -0.05) is 41.6 Å². The van der Waals surface area contributed by atoms with Gasteiger partial charge in [0.1, 0.15) is 17.8 Å². The number of benzene rings is 1. The van der Waals surface area contributed by atoms with Crippen molar-refractivity contribution < 1.29 is 23.5 Å². The summed E-state index contributed by atoms with van der Waals surface area (Å²) >= 11 is 8.35. The summed E-state index contributed by atoms with van der Waals surface area (Å²) in [5.74, 6) is -0.0824. The van der Waals surface area contributed by atoms with Crippen molar-refractivity contribution in [1.29, 1.82) is 0 Å². The highest BCUT2D eigenvalue weighted by Gasteiger charge is 2.33. The molecule has 0 spiro atoms. The molecule has 33 heavy (non-hydrogen) atoms. The van der Waals surface area contributed by atoms with E-state index in [1.54, 1.807) is 31.2 Å². The van der Waals surface area contributed by atoms with E-state index < -0.39 is 17.0 Å². The van der Waals surface area contributed by atoms with Crippen molar-refractivity contribution in [3.05, 3.63) is 57.6 Å². The van der Waals surface area contributed by atoms with Gasteiger partial charge in [0.05, 0.1) is 5.75 Å². The summed E-state index contributed by atoms with van der Waals surface area (Å²) in [6.45, 7) is 4.79. The van der Waals surface area contributed by atoms with Crippen LogP contribution >= 0.6 is 34.7 Å². The van der Waals surface area contributed by atoms with E-state index in [4.69, 9.17) is 25.5 Å². The van der Waals surface area contributed by atoms with E-state index in [0.717, 1.165) is 6.26 Å². The Morgan fingerprint density at radius 3 is 2.64 bits per heavy atom. The molecule has 0 saturated heterocycles. The maximum absolute atomic E-state index is 12.6. The van der Waals surface area contributed by atoms with Gasteiger partial charge in [-0.2, -0.15) is 0 Å². The summed E-state index contributed by atoms with van der Waals surface area (Å²) in [6, 6.07) is 7.75. The molecule has 0 aliphatic heterocycles. The Morgan fingerprint density at radius 1 is 1.24 bits per heavy atom. The highest BCUT2D eigenvalue weighted by Crippen LogP contribution is 2.28. The third-order valence-corrected chi connectivity index (χ3v) is 6.29. The van der Waals surface area contributed by atoms with Gasteiger partial charge in [0.2, 0.25) is 27.8 Å². The molecule has 2 heterocycles. The molecule has 0 aliphatic carbocycles. The standard InChI is InChI=1S/C21H20ClN3O6S2/c1-4-17(27)23-19-24-25-20(33-19)32-11-14-9-15(26)16(10-29-14)30-18(28)21(2,3)31-13-7-5-12(22)6-8-13/h5-10H,4,11H2,1-3H3,(H,23,24,27). The predicted octanol–water partition coefficient (Wildman–Crippen LogP) is 4.55. The van der Waals surface area contributed by atoms with Crippen LogP contribution in [0.3, 0.4) is 0 Å². The summed E-state index contributed by atoms with van der Waals surface area (Å²) in [4.78, 5) is 36.3. The summed E-state index contributed by atoms with van der Waals surface area (Å²) in [5, 5.41) is 11.4. The van der Waals surface area contributed by atoms with Gasteiger partial charge in [0, 0.05) is 17.5 Å². The zero-order valence-electron chi connectivity index (χ0n) is 17.9. The van der Waals surface area contributed by atoms with E-state index in [1.807, 2.05) is 0 Å². The Bertz CT molecular complexity index is 1190. The molecular formula is C21H20ClN3O6S2. The third-order valence-electron chi connectivity index (χ3n) is 4.04. The second-order valence-corrected chi connectivity index (χ2v) is 9.73. The highest BCUT2D eigenvalue weighted by atomic mass is 35.5. The third kappa shape index (κ3) is 7.04. The van der Waals surface area contributed by atoms with Gasteiger partial charge in [-0.3, -0.25) is 9.59 Å². The monoisotopic (exact) mass is 509 g/mol. The maximum atomic E-state index is 12.6. The van der Waals surface area contributed by atoms with E-state index in [2.05, 4.69) is 15.5 Å². The molecule has 3 aromatic rings. The minimum Gasteiger partial charge on any atom is -0.476 e. The van der Waals surface area contributed by atoms with Crippen molar-refractivity contribution >= 4 is 51.7 Å². The van der Waals surface area contributed by atoms with Crippen LogP contribution in [0.4, 0.5) is 5.13 Å². The fourth-order valence-corrected chi connectivity index (χ4v) is 4.09. The van der Waals surface area contributed by atoms with Crippen molar-refractivity contribution in [3.8, 4) is 11.5 Å². The largest absolute Gasteiger partial charge is 0.476 e. The fraction of sp³-hybridized carbons (Fsp3) is 0.286. The molecule has 0 unspecified atom stereocenters. The van der Waals surface area contributed by atoms with Gasteiger partial charge >= 0.3 is 5.97 Å². The normalized spacial score (nSPS) is 11.2. The van der Waals surface area contributed by atoms with Crippen LogP contribution in [-0.2, 0) is 15.3 Å². The van der Waals surface area contributed by atoms with Crippen molar-refractivity contribution in [2.45, 2.75) is 42.9 Å². The molecule has 174 valence electrons. The second kappa shape index (κ2) is 10.8. The first-order valence-electron chi connectivity index (χ1n) is 9.71. The number of nitrogens with one attached hydrogen (secondary N) is 1. The van der Waals surface area contributed by atoms with Crippen LogP contribution in [0.25, 0.3) is 0 Å². The number of rotatable bonds is 9. The lowest BCUT2D eigenvalue weighted by Gasteiger charge is -2.23. The molecule has 9 nitrogen and oxygen atoms in total. The highest BCUT2D eigenvalue weighted by molar-refractivity contribution is 8.00. The molecule has 3 rings (SSSR count). The molecule has 1 amide bonds. The minimum absolute atomic E-state index is 0.152. The minimum atomic E-state index is -1.36. The van der Waals surface area contributed by atoms with E-state index in [0.29, 0.717) is 38.2 Å². The molecule has 0 saturated carbocycles. The van der Waals surface area contributed by atoms with Gasteiger partial charge < -0.3 is 19.2 Å². The van der Waals surface area contributed by atoms with E-state index in [-0.39, 0.29) is 11.7 Å². The number of halogens is 1. The van der Waals surface area contributed by atoms with Crippen LogP contribution in [0.1, 0.15) is 33.0 Å². The molecule has 12 heteroatoms. The Kier molecular flexibility index (Phi) is 8.11. The Hall–Kier alpha value is -2.89. The Balaban J connectivity index is 1.58. The van der Waals surface area contributed by atoms with Gasteiger partial charge in [0.25, 0.3) is 0 Å². The lowest BCUT2D eigenvalue weighted by Crippen LogP contribution is -2.42. The molecule has 1 N–H and O–H groups in total. The number of carbonyl (C=O) groups excluding carboxylic acids is 2. The Labute approximate surface area is 202 Å². The first-order valence-corrected chi connectivity index (χ1v) is 11.9. The molecular weight excluding hydrogens is 490 g/mol. The number of anilines is 1. The van der Waals surface area contributed by atoms with E-state index in [1.165, 1.54) is 43.0 Å². The summed E-state index contributed by atoms with van der Waals surface area (Å²) in [6.07, 6.45) is 1.43. The number of amides is 1. The van der Waals surface area contributed by atoms with Gasteiger partial charge in [-0.25, -0.2) is 4.79 Å². The molecule has 1 aromatic carbocycles. The van der Waals surface area contributed by atoms with Crippen LogP contribution in [0.2, 0.25) is 5.02 Å². The number of ether oxygens (including phenoxy) is 2. The van der Waals surface area contributed by atoms with E-state index in [9.17, 15) is 14.4 Å². The predicted molar refractivity (Wildman–Crippen MR) is 125 cm³/mol. The number of hydrogen-bond donors (Lipinski definition) is 1. The van der Waals surface area contributed by atoms with Crippen molar-refractivity contribution in [2.24, 2.45) is 0 Å². The lowest BCUT2D eigenvalue weighted by molar-refractivity contribution is -0.149. The van der Waals surface area contributed by atoms with Crippen LogP contribution in [0.5, 0.6) is 11.5 Å². The van der Waals surface area contributed by atoms with Crippen LogP contribution in [0.15, 0.2) is 50.1 Å². The molecule has 0 bridgehead atoms. The maximum Gasteiger partial charge on any atom is 0.355 e. The van der Waals surface area contributed by atoms with Crippen LogP contribution in [0, 0.1) is 0 Å². The number of hydrogen-bond acceptors (Lipinski definition) is 10. The first kappa shape index (κ1) is 24.7. The summed E-state index contributed by atoms with van der Waals surface area (Å²) in [5.41, 5.74) is -1.88. The van der Waals surface area contributed by atoms with Crippen LogP contribution < -0.4 is 20.2 Å². The second-order valence-electron chi connectivity index (χ2n) is 7.09. The number of thioether (sulfide) groups is 1. The zero-order valence-corrected chi connectivity index (χ0v) is 20.3. The quantitative estimate of drug-likeness (QED) is 0.251. The van der Waals surface area contributed by atoms with Crippen molar-refractivity contribution in [1.82, 2.24) is 10.2 Å². The Morgan fingerprint density at radius 2 is 1.97 bits per heavy atom.